The van der Waals surface area contributed by atoms with Crippen molar-refractivity contribution in [3.8, 4) is 11.5 Å². The molecule has 0 radical (unpaired) electrons. The van der Waals surface area contributed by atoms with Gasteiger partial charge in [0.05, 0.1) is 4.92 Å². The average molecular weight is 316 g/mol. The molecule has 0 bridgehead atoms. The smallest absolute Gasteiger partial charge is 0.339 e. The molecule has 0 aliphatic rings. The number of ether oxygens (including phenoxy) is 1. The van der Waals surface area contributed by atoms with Crippen molar-refractivity contribution in [3.63, 3.8) is 0 Å². The summed E-state index contributed by atoms with van der Waals surface area (Å²) in [5.41, 5.74) is 0.336. The normalized spacial score (nSPS) is 10.6. The van der Waals surface area contributed by atoms with Gasteiger partial charge < -0.3 is 14.7 Å². The molecule has 0 atom stereocenters. The van der Waals surface area contributed by atoms with Gasteiger partial charge in [0.25, 0.3) is 5.69 Å². The first-order chi connectivity index (χ1) is 10.9. The van der Waals surface area contributed by atoms with Crippen LogP contribution in [0.1, 0.15) is 15.9 Å². The van der Waals surface area contributed by atoms with Gasteiger partial charge in [-0.25, -0.2) is 4.79 Å². The molecule has 7 heteroatoms. The molecule has 2 rings (SSSR count). The molecule has 0 amide bonds. The number of aromatic carboxylic acids is 1. The fourth-order valence-electron chi connectivity index (χ4n) is 2.08. The van der Waals surface area contributed by atoms with Crippen LogP contribution in [0, 0.1) is 10.1 Å². The highest BCUT2D eigenvalue weighted by Crippen LogP contribution is 2.31. The maximum atomic E-state index is 11.3. The lowest BCUT2D eigenvalue weighted by atomic mass is 10.1. The van der Waals surface area contributed by atoms with E-state index in [2.05, 4.69) is 0 Å². The number of rotatable bonds is 6. The molecule has 0 aromatic heterocycles. The number of nitro benzene ring substituents is 1. The zero-order valence-corrected chi connectivity index (χ0v) is 12.7. The Labute approximate surface area is 132 Å². The Hall–Kier alpha value is -2.93. The third-order valence-electron chi connectivity index (χ3n) is 3.08. The SMILES string of the molecule is CN(C)Cc1ccccc1Oc1ccc([N+](=O)[O-])cc1C(=O)O. The van der Waals surface area contributed by atoms with Gasteiger partial charge in [0.15, 0.2) is 0 Å². The van der Waals surface area contributed by atoms with Crippen molar-refractivity contribution in [1.82, 2.24) is 4.90 Å². The topological polar surface area (TPSA) is 92.9 Å². The predicted molar refractivity (Wildman–Crippen MR) is 84.0 cm³/mol. The summed E-state index contributed by atoms with van der Waals surface area (Å²) in [5, 5.41) is 20.0. The van der Waals surface area contributed by atoms with Crippen LogP contribution >= 0.6 is 0 Å². The number of carboxylic acids is 1. The van der Waals surface area contributed by atoms with Crippen molar-refractivity contribution in [2.24, 2.45) is 0 Å². The van der Waals surface area contributed by atoms with Gasteiger partial charge >= 0.3 is 5.97 Å². The number of hydrogen-bond donors (Lipinski definition) is 1. The minimum absolute atomic E-state index is 0.0642. The molecule has 0 heterocycles. The Morgan fingerprint density at radius 2 is 1.91 bits per heavy atom. The summed E-state index contributed by atoms with van der Waals surface area (Å²) in [7, 11) is 3.82. The number of para-hydroxylation sites is 1. The molecule has 0 aliphatic carbocycles. The minimum atomic E-state index is -1.28. The lowest BCUT2D eigenvalue weighted by molar-refractivity contribution is -0.384. The van der Waals surface area contributed by atoms with Gasteiger partial charge in [-0.15, -0.1) is 0 Å². The summed E-state index contributed by atoms with van der Waals surface area (Å²) < 4.78 is 5.71. The maximum Gasteiger partial charge on any atom is 0.339 e. The highest BCUT2D eigenvalue weighted by Gasteiger charge is 2.18. The predicted octanol–water partition coefficient (Wildman–Crippen LogP) is 3.15. The van der Waals surface area contributed by atoms with E-state index in [0.717, 1.165) is 11.6 Å². The first kappa shape index (κ1) is 16.4. The van der Waals surface area contributed by atoms with Crippen molar-refractivity contribution in [2.75, 3.05) is 14.1 Å². The molecule has 7 nitrogen and oxygen atoms in total. The fourth-order valence-corrected chi connectivity index (χ4v) is 2.08. The monoisotopic (exact) mass is 316 g/mol. The zero-order chi connectivity index (χ0) is 17.0. The number of carboxylic acid groups (broad SMARTS) is 1. The Balaban J connectivity index is 2.41. The molecule has 0 saturated carbocycles. The third kappa shape index (κ3) is 4.04. The van der Waals surface area contributed by atoms with Crippen molar-refractivity contribution in [3.05, 3.63) is 63.7 Å². The van der Waals surface area contributed by atoms with Gasteiger partial charge in [-0.1, -0.05) is 18.2 Å². The maximum absolute atomic E-state index is 11.3. The van der Waals surface area contributed by atoms with E-state index < -0.39 is 10.9 Å². The van der Waals surface area contributed by atoms with Gasteiger partial charge in [-0.3, -0.25) is 10.1 Å². The molecule has 2 aromatic rings. The van der Waals surface area contributed by atoms with Crippen LogP contribution in [0.25, 0.3) is 0 Å². The van der Waals surface area contributed by atoms with Crippen molar-refractivity contribution >= 4 is 11.7 Å². The van der Waals surface area contributed by atoms with Crippen LogP contribution in [-0.4, -0.2) is 35.0 Å². The van der Waals surface area contributed by atoms with Crippen LogP contribution in [-0.2, 0) is 6.54 Å². The molecule has 0 aliphatic heterocycles. The van der Waals surface area contributed by atoms with Gasteiger partial charge in [-0.05, 0) is 26.2 Å². The van der Waals surface area contributed by atoms with Crippen LogP contribution in [0.3, 0.4) is 0 Å². The van der Waals surface area contributed by atoms with E-state index in [1.54, 1.807) is 12.1 Å². The minimum Gasteiger partial charge on any atom is -0.478 e. The molecule has 120 valence electrons. The Morgan fingerprint density at radius 3 is 2.52 bits per heavy atom. The first-order valence-corrected chi connectivity index (χ1v) is 6.80. The van der Waals surface area contributed by atoms with Crippen LogP contribution in [0.5, 0.6) is 11.5 Å². The number of nitro groups is 1. The van der Waals surface area contributed by atoms with E-state index in [9.17, 15) is 20.0 Å². The van der Waals surface area contributed by atoms with Crippen molar-refractivity contribution < 1.29 is 19.6 Å². The summed E-state index contributed by atoms with van der Waals surface area (Å²) in [6, 6.07) is 10.8. The molecular weight excluding hydrogens is 300 g/mol. The van der Waals surface area contributed by atoms with Crippen LogP contribution in [0.15, 0.2) is 42.5 Å². The highest BCUT2D eigenvalue weighted by molar-refractivity contribution is 5.91. The summed E-state index contributed by atoms with van der Waals surface area (Å²) in [4.78, 5) is 23.4. The van der Waals surface area contributed by atoms with E-state index in [-0.39, 0.29) is 17.0 Å². The molecule has 0 spiro atoms. The van der Waals surface area contributed by atoms with Crippen LogP contribution in [0.2, 0.25) is 0 Å². The highest BCUT2D eigenvalue weighted by atomic mass is 16.6. The summed E-state index contributed by atoms with van der Waals surface area (Å²) in [6.07, 6.45) is 0. The summed E-state index contributed by atoms with van der Waals surface area (Å²) in [6.45, 7) is 0.617. The molecule has 0 saturated heterocycles. The van der Waals surface area contributed by atoms with Crippen LogP contribution in [0.4, 0.5) is 5.69 Å². The number of benzene rings is 2. The number of hydrogen-bond acceptors (Lipinski definition) is 5. The Kier molecular flexibility index (Phi) is 4.92. The molecule has 0 fully saturated rings. The van der Waals surface area contributed by atoms with Gasteiger partial charge in [-0.2, -0.15) is 0 Å². The van der Waals surface area contributed by atoms with Crippen molar-refractivity contribution in [2.45, 2.75) is 6.54 Å². The molecule has 2 aromatic carbocycles. The van der Waals surface area contributed by atoms with Gasteiger partial charge in [0.1, 0.15) is 17.1 Å². The van der Waals surface area contributed by atoms with E-state index in [0.29, 0.717) is 12.3 Å². The standard InChI is InChI=1S/C16H16N2O5/c1-17(2)10-11-5-3-4-6-14(11)23-15-8-7-12(18(21)22)9-13(15)16(19)20/h3-9H,10H2,1-2H3,(H,19,20). The first-order valence-electron chi connectivity index (χ1n) is 6.80. The second kappa shape index (κ2) is 6.89. The van der Waals surface area contributed by atoms with E-state index >= 15 is 0 Å². The van der Waals surface area contributed by atoms with Crippen LogP contribution < -0.4 is 4.74 Å². The molecule has 0 unspecified atom stereocenters. The average Bonchev–Trinajstić information content (AvgIpc) is 2.48. The fraction of sp³-hybridized carbons (Fsp3) is 0.188. The second-order valence-corrected chi connectivity index (χ2v) is 5.19. The second-order valence-electron chi connectivity index (χ2n) is 5.19. The molecule has 23 heavy (non-hydrogen) atoms. The van der Waals surface area contributed by atoms with E-state index in [1.165, 1.54) is 12.1 Å². The Bertz CT molecular complexity index is 743. The van der Waals surface area contributed by atoms with Gasteiger partial charge in [0.2, 0.25) is 0 Å². The van der Waals surface area contributed by atoms with E-state index in [1.807, 2.05) is 31.1 Å². The number of non-ortho nitro benzene ring substituents is 1. The number of carbonyl (C=O) groups is 1. The lowest BCUT2D eigenvalue weighted by Crippen LogP contribution is -2.11. The quantitative estimate of drug-likeness (QED) is 0.650. The molecular formula is C16H16N2O5. The molecule has 1 N–H and O–H groups in total. The third-order valence-corrected chi connectivity index (χ3v) is 3.08. The van der Waals surface area contributed by atoms with Gasteiger partial charge in [0, 0.05) is 24.2 Å². The largest absolute Gasteiger partial charge is 0.478 e. The van der Waals surface area contributed by atoms with Crippen molar-refractivity contribution in [1.29, 1.82) is 0 Å². The van der Waals surface area contributed by atoms with E-state index in [4.69, 9.17) is 4.74 Å². The summed E-state index contributed by atoms with van der Waals surface area (Å²) >= 11 is 0. The summed E-state index contributed by atoms with van der Waals surface area (Å²) in [5.74, 6) is -0.708. The lowest BCUT2D eigenvalue weighted by Gasteiger charge is -2.15. The number of nitrogens with zero attached hydrogens (tertiary/aromatic N) is 2. The zero-order valence-electron chi connectivity index (χ0n) is 12.7. The Morgan fingerprint density at radius 1 is 1.22 bits per heavy atom.